The topological polar surface area (TPSA) is 45.2 Å². The monoisotopic (exact) mass is 495 g/mol. The number of piperidine rings is 1. The lowest BCUT2D eigenvalue weighted by Crippen LogP contribution is -2.60. The van der Waals surface area contributed by atoms with Gasteiger partial charge in [-0.3, -0.25) is 4.90 Å². The Labute approximate surface area is 193 Å². The molecule has 0 saturated carbocycles. The number of halogens is 6. The molecule has 3 fully saturated rings. The number of amides is 1. The van der Waals surface area contributed by atoms with E-state index in [-0.39, 0.29) is 18.5 Å². The van der Waals surface area contributed by atoms with Crippen LogP contribution < -0.4 is 4.90 Å². The van der Waals surface area contributed by atoms with Crippen LogP contribution in [0.4, 0.5) is 36.8 Å². The number of hydrogen-bond donors (Lipinski definition) is 0. The van der Waals surface area contributed by atoms with Gasteiger partial charge in [0.1, 0.15) is 0 Å². The van der Waals surface area contributed by atoms with E-state index < -0.39 is 24.5 Å². The molecule has 3 aliphatic rings. The maximum absolute atomic E-state index is 12.7. The van der Waals surface area contributed by atoms with Gasteiger partial charge in [0.15, 0.2) is 0 Å². The van der Waals surface area contributed by atoms with Crippen LogP contribution >= 0.6 is 0 Å². The van der Waals surface area contributed by atoms with Crippen LogP contribution in [0.3, 0.4) is 0 Å². The largest absolute Gasteiger partial charge is 0.434 e. The van der Waals surface area contributed by atoms with E-state index in [0.717, 1.165) is 43.3 Å². The van der Waals surface area contributed by atoms with E-state index in [9.17, 15) is 31.1 Å². The van der Waals surface area contributed by atoms with Gasteiger partial charge in [-0.15, -0.1) is 0 Å². The summed E-state index contributed by atoms with van der Waals surface area (Å²) in [6.45, 7) is 5.54. The molecule has 0 aliphatic carbocycles. The lowest BCUT2D eigenvalue weighted by molar-refractivity contribution is -0.308. The third-order valence-corrected chi connectivity index (χ3v) is 6.71. The molecule has 4 rings (SSSR count). The van der Waals surface area contributed by atoms with Gasteiger partial charge in [0.2, 0.25) is 0 Å². The molecule has 190 valence electrons. The van der Waals surface area contributed by atoms with Crippen molar-refractivity contribution < 1.29 is 40.6 Å². The summed E-state index contributed by atoms with van der Waals surface area (Å²) in [6.07, 6.45) is -16.1. The average Bonchev–Trinajstić information content (AvgIpc) is 2.76. The summed E-state index contributed by atoms with van der Waals surface area (Å²) in [4.78, 5) is 17.4. The zero-order valence-electron chi connectivity index (χ0n) is 18.5. The standard InChI is InChI=1S/C22H27F6N3O3/c23-21(24,25)18(22(26,27)28)34-19(32)31-6-4-20(5-7-31)14-29(15-20)13-16-2-1-3-17(12-16)30-8-10-33-11-9-30/h1-3,12,18H,4-11,13-15H2. The fraction of sp³-hybridized carbons (Fsp3) is 0.682. The van der Waals surface area contributed by atoms with Crippen LogP contribution in [0.5, 0.6) is 0 Å². The molecule has 0 bridgehead atoms. The Balaban J connectivity index is 1.25. The molecule has 6 nitrogen and oxygen atoms in total. The van der Waals surface area contributed by atoms with Gasteiger partial charge in [0, 0.05) is 51.5 Å². The number of morpholine rings is 1. The summed E-state index contributed by atoms with van der Waals surface area (Å²) in [7, 11) is 0. The summed E-state index contributed by atoms with van der Waals surface area (Å²) in [5.74, 6) is 0. The van der Waals surface area contributed by atoms with Crippen molar-refractivity contribution in [1.29, 1.82) is 0 Å². The Morgan fingerprint density at radius 3 is 2.21 bits per heavy atom. The zero-order valence-corrected chi connectivity index (χ0v) is 18.5. The van der Waals surface area contributed by atoms with E-state index in [4.69, 9.17) is 4.74 Å². The number of ether oxygens (including phenoxy) is 2. The van der Waals surface area contributed by atoms with Gasteiger partial charge < -0.3 is 19.3 Å². The zero-order chi connectivity index (χ0) is 24.6. The number of carbonyl (C=O) groups is 1. The number of rotatable bonds is 4. The van der Waals surface area contributed by atoms with Crippen LogP contribution in [0.1, 0.15) is 18.4 Å². The number of likely N-dealkylation sites (tertiary alicyclic amines) is 2. The van der Waals surface area contributed by atoms with Crippen molar-refractivity contribution in [3.63, 3.8) is 0 Å². The van der Waals surface area contributed by atoms with E-state index in [1.807, 2.05) is 6.07 Å². The van der Waals surface area contributed by atoms with Crippen molar-refractivity contribution >= 4 is 11.8 Å². The highest BCUT2D eigenvalue weighted by molar-refractivity contribution is 5.68. The molecule has 3 heterocycles. The Hall–Kier alpha value is -2.21. The lowest BCUT2D eigenvalue weighted by atomic mass is 9.72. The molecule has 1 aromatic carbocycles. The molecule has 1 aromatic rings. The van der Waals surface area contributed by atoms with Gasteiger partial charge in [0.05, 0.1) is 13.2 Å². The molecule has 1 amide bonds. The van der Waals surface area contributed by atoms with Crippen molar-refractivity contribution in [1.82, 2.24) is 9.80 Å². The minimum absolute atomic E-state index is 0.0711. The predicted octanol–water partition coefficient (Wildman–Crippen LogP) is 4.05. The molecule has 0 N–H and O–H groups in total. The fourth-order valence-electron chi connectivity index (χ4n) is 4.92. The first-order chi connectivity index (χ1) is 16.0. The third kappa shape index (κ3) is 5.70. The second kappa shape index (κ2) is 9.44. The molecule has 1 spiro atoms. The van der Waals surface area contributed by atoms with E-state index >= 15 is 0 Å². The van der Waals surface area contributed by atoms with Crippen LogP contribution in [0.25, 0.3) is 0 Å². The Morgan fingerprint density at radius 1 is 1.00 bits per heavy atom. The minimum atomic E-state index is -5.71. The van der Waals surface area contributed by atoms with E-state index in [1.165, 1.54) is 5.56 Å². The fourth-order valence-corrected chi connectivity index (χ4v) is 4.92. The molecule has 0 atom stereocenters. The lowest BCUT2D eigenvalue weighted by Gasteiger charge is -2.54. The summed E-state index contributed by atoms with van der Waals surface area (Å²) in [5.41, 5.74) is 2.25. The van der Waals surface area contributed by atoms with Crippen molar-refractivity contribution in [2.75, 3.05) is 57.4 Å². The normalized spacial score (nSPS) is 21.6. The maximum atomic E-state index is 12.7. The van der Waals surface area contributed by atoms with Crippen molar-refractivity contribution in [3.8, 4) is 0 Å². The van der Waals surface area contributed by atoms with Crippen molar-refractivity contribution in [3.05, 3.63) is 29.8 Å². The average molecular weight is 495 g/mol. The number of carbonyl (C=O) groups excluding carboxylic acids is 1. The predicted molar refractivity (Wildman–Crippen MR) is 110 cm³/mol. The second-order valence-electron chi connectivity index (χ2n) is 9.25. The minimum Gasteiger partial charge on any atom is -0.426 e. The van der Waals surface area contributed by atoms with Crippen LogP contribution in [-0.2, 0) is 16.0 Å². The number of hydrogen-bond acceptors (Lipinski definition) is 5. The summed E-state index contributed by atoms with van der Waals surface area (Å²) in [6, 6.07) is 8.32. The van der Waals surface area contributed by atoms with Gasteiger partial charge >= 0.3 is 18.4 Å². The highest BCUT2D eigenvalue weighted by Crippen LogP contribution is 2.42. The smallest absolute Gasteiger partial charge is 0.426 e. The SMILES string of the molecule is O=C(OC(C(F)(F)F)C(F)(F)F)N1CCC2(CC1)CN(Cc1cccc(N3CCOCC3)c1)C2. The van der Waals surface area contributed by atoms with Crippen LogP contribution in [0.2, 0.25) is 0 Å². The highest BCUT2D eigenvalue weighted by atomic mass is 19.4. The van der Waals surface area contributed by atoms with Crippen molar-refractivity contribution in [2.45, 2.75) is 37.8 Å². The van der Waals surface area contributed by atoms with E-state index in [2.05, 4.69) is 32.7 Å². The molecule has 0 unspecified atom stereocenters. The Morgan fingerprint density at radius 2 is 1.62 bits per heavy atom. The molecular formula is C22H27F6N3O3. The first kappa shape index (κ1) is 24.9. The molecule has 34 heavy (non-hydrogen) atoms. The third-order valence-electron chi connectivity index (χ3n) is 6.71. The Kier molecular flexibility index (Phi) is 6.92. The van der Waals surface area contributed by atoms with Gasteiger partial charge in [-0.1, -0.05) is 12.1 Å². The number of benzene rings is 1. The summed E-state index contributed by atoms with van der Waals surface area (Å²) in [5, 5.41) is 0. The Bertz CT molecular complexity index is 842. The van der Waals surface area contributed by atoms with Gasteiger partial charge in [0.25, 0.3) is 6.10 Å². The summed E-state index contributed by atoms with van der Waals surface area (Å²) < 4.78 is 85.1. The molecule has 12 heteroatoms. The first-order valence-electron chi connectivity index (χ1n) is 11.2. The highest BCUT2D eigenvalue weighted by Gasteiger charge is 2.60. The van der Waals surface area contributed by atoms with Crippen molar-refractivity contribution in [2.24, 2.45) is 5.41 Å². The molecule has 3 aliphatic heterocycles. The van der Waals surface area contributed by atoms with Crippen LogP contribution in [0.15, 0.2) is 24.3 Å². The van der Waals surface area contributed by atoms with E-state index in [1.54, 1.807) is 0 Å². The quantitative estimate of drug-likeness (QED) is 0.590. The van der Waals surface area contributed by atoms with Gasteiger partial charge in [-0.25, -0.2) is 4.79 Å². The van der Waals surface area contributed by atoms with Gasteiger partial charge in [-0.2, -0.15) is 26.3 Å². The number of nitrogens with zero attached hydrogens (tertiary/aromatic N) is 3. The van der Waals surface area contributed by atoms with Gasteiger partial charge in [-0.05, 0) is 36.0 Å². The number of alkyl halides is 6. The molecule has 0 radical (unpaired) electrons. The first-order valence-corrected chi connectivity index (χ1v) is 11.2. The maximum Gasteiger partial charge on any atom is 0.434 e. The second-order valence-corrected chi connectivity index (χ2v) is 9.25. The molecule has 3 saturated heterocycles. The van der Waals surface area contributed by atoms with E-state index in [0.29, 0.717) is 26.1 Å². The number of anilines is 1. The molecular weight excluding hydrogens is 468 g/mol. The van der Waals surface area contributed by atoms with Crippen LogP contribution in [-0.4, -0.2) is 86.8 Å². The summed E-state index contributed by atoms with van der Waals surface area (Å²) >= 11 is 0. The van der Waals surface area contributed by atoms with Crippen LogP contribution in [0, 0.1) is 5.41 Å². The molecule has 0 aromatic heterocycles.